The molecule has 2 heterocycles. The number of benzene rings is 2. The van der Waals surface area contributed by atoms with Gasteiger partial charge in [-0.2, -0.15) is 0 Å². The van der Waals surface area contributed by atoms with Crippen molar-refractivity contribution in [3.05, 3.63) is 56.4 Å². The molecule has 0 spiro atoms. The molecule has 0 fully saturated rings. The van der Waals surface area contributed by atoms with Crippen molar-refractivity contribution in [1.29, 1.82) is 0 Å². The molecule has 2 aliphatic rings. The van der Waals surface area contributed by atoms with Crippen LogP contribution < -0.4 is 24.7 Å². The molecule has 6 nitrogen and oxygen atoms in total. The van der Waals surface area contributed by atoms with Crippen LogP contribution in [0.25, 0.3) is 11.0 Å². The number of methoxy groups -OCH3 is 2. The van der Waals surface area contributed by atoms with Gasteiger partial charge in [0, 0.05) is 17.0 Å². The fourth-order valence-corrected chi connectivity index (χ4v) is 4.75. The molecule has 0 unspecified atom stereocenters. The molecule has 0 saturated heterocycles. The minimum atomic E-state index is -0.252. The molecule has 0 saturated carbocycles. The van der Waals surface area contributed by atoms with E-state index in [2.05, 4.69) is 0 Å². The summed E-state index contributed by atoms with van der Waals surface area (Å²) in [6, 6.07) is 7.48. The standard InChI is InChI=1S/C23H22ClNO5/c1-27-13-7-8-20(28-2)19(9-13)25-11-17-21-16(10-18(24)22(17)29-12-25)14-5-3-4-6-15(14)23(26)30-21/h7-10H,3-6,11-12H2,1-2H3. The van der Waals surface area contributed by atoms with Crippen LogP contribution in [-0.4, -0.2) is 21.0 Å². The van der Waals surface area contributed by atoms with E-state index < -0.39 is 0 Å². The van der Waals surface area contributed by atoms with E-state index in [1.807, 2.05) is 29.2 Å². The number of aryl methyl sites for hydroxylation is 1. The maximum absolute atomic E-state index is 12.7. The van der Waals surface area contributed by atoms with Crippen molar-refractivity contribution in [1.82, 2.24) is 0 Å². The van der Waals surface area contributed by atoms with Gasteiger partial charge in [0.15, 0.2) is 6.73 Å². The molecule has 5 rings (SSSR count). The number of anilines is 1. The molecule has 0 radical (unpaired) electrons. The Hall–Kier alpha value is -2.86. The molecule has 0 amide bonds. The van der Waals surface area contributed by atoms with Gasteiger partial charge in [0.25, 0.3) is 0 Å². The average Bonchev–Trinajstić information content (AvgIpc) is 2.79. The third-order valence-corrected chi connectivity index (χ3v) is 6.24. The van der Waals surface area contributed by atoms with Gasteiger partial charge >= 0.3 is 5.63 Å². The van der Waals surface area contributed by atoms with Crippen molar-refractivity contribution in [3.8, 4) is 17.2 Å². The highest BCUT2D eigenvalue weighted by Crippen LogP contribution is 2.43. The Morgan fingerprint density at radius 1 is 1.03 bits per heavy atom. The van der Waals surface area contributed by atoms with Crippen LogP contribution >= 0.6 is 11.6 Å². The molecule has 0 bridgehead atoms. The van der Waals surface area contributed by atoms with Crippen LogP contribution in [0.15, 0.2) is 33.5 Å². The summed E-state index contributed by atoms with van der Waals surface area (Å²) in [6.45, 7) is 0.759. The number of hydrogen-bond donors (Lipinski definition) is 0. The third kappa shape index (κ3) is 2.98. The monoisotopic (exact) mass is 427 g/mol. The minimum Gasteiger partial charge on any atom is -0.497 e. The Bertz CT molecular complexity index is 1200. The number of rotatable bonds is 3. The summed E-state index contributed by atoms with van der Waals surface area (Å²) in [5.41, 5.74) is 3.76. The fourth-order valence-electron chi connectivity index (χ4n) is 4.47. The normalized spacial score (nSPS) is 15.4. The summed E-state index contributed by atoms with van der Waals surface area (Å²) >= 11 is 6.60. The van der Waals surface area contributed by atoms with Gasteiger partial charge < -0.3 is 23.5 Å². The molecule has 0 atom stereocenters. The highest BCUT2D eigenvalue weighted by molar-refractivity contribution is 6.33. The predicted molar refractivity (Wildman–Crippen MR) is 115 cm³/mol. The zero-order chi connectivity index (χ0) is 20.8. The second-order valence-electron chi connectivity index (χ2n) is 7.61. The minimum absolute atomic E-state index is 0.252. The molecular formula is C23H22ClNO5. The first-order valence-corrected chi connectivity index (χ1v) is 10.4. The Morgan fingerprint density at radius 3 is 2.60 bits per heavy atom. The smallest absolute Gasteiger partial charge is 0.339 e. The summed E-state index contributed by atoms with van der Waals surface area (Å²) in [4.78, 5) is 14.7. The lowest BCUT2D eigenvalue weighted by Gasteiger charge is -2.32. The summed E-state index contributed by atoms with van der Waals surface area (Å²) in [7, 11) is 3.25. The molecule has 2 aromatic carbocycles. The number of ether oxygens (including phenoxy) is 3. The second-order valence-corrected chi connectivity index (χ2v) is 8.01. The van der Waals surface area contributed by atoms with Gasteiger partial charge in [-0.1, -0.05) is 11.6 Å². The highest BCUT2D eigenvalue weighted by atomic mass is 35.5. The largest absolute Gasteiger partial charge is 0.497 e. The van der Waals surface area contributed by atoms with Gasteiger partial charge in [0.05, 0.1) is 37.0 Å². The van der Waals surface area contributed by atoms with Crippen LogP contribution in [0.4, 0.5) is 5.69 Å². The second kappa shape index (κ2) is 7.43. The first kappa shape index (κ1) is 19.1. The van der Waals surface area contributed by atoms with Gasteiger partial charge in [-0.05, 0) is 49.4 Å². The molecule has 0 N–H and O–H groups in total. The van der Waals surface area contributed by atoms with Crippen LogP contribution in [0.2, 0.25) is 5.02 Å². The lowest BCUT2D eigenvalue weighted by molar-refractivity contribution is 0.286. The van der Waals surface area contributed by atoms with Crippen LogP contribution in [-0.2, 0) is 19.4 Å². The molecular weight excluding hydrogens is 406 g/mol. The Morgan fingerprint density at radius 2 is 1.83 bits per heavy atom. The zero-order valence-electron chi connectivity index (χ0n) is 16.9. The molecule has 1 aliphatic carbocycles. The predicted octanol–water partition coefficient (Wildman–Crippen LogP) is 4.70. The van der Waals surface area contributed by atoms with Crippen molar-refractivity contribution in [3.63, 3.8) is 0 Å². The molecule has 156 valence electrons. The number of hydrogen-bond acceptors (Lipinski definition) is 6. The Balaban J connectivity index is 1.67. The van der Waals surface area contributed by atoms with Gasteiger partial charge in [0.1, 0.15) is 22.8 Å². The molecule has 7 heteroatoms. The van der Waals surface area contributed by atoms with E-state index in [1.165, 1.54) is 0 Å². The fraction of sp³-hybridized carbons (Fsp3) is 0.348. The van der Waals surface area contributed by atoms with Gasteiger partial charge in [-0.25, -0.2) is 4.79 Å². The van der Waals surface area contributed by atoms with Crippen LogP contribution in [0, 0.1) is 0 Å². The molecule has 3 aromatic rings. The maximum atomic E-state index is 12.7. The quantitative estimate of drug-likeness (QED) is 0.565. The van der Waals surface area contributed by atoms with E-state index in [4.69, 9.17) is 30.2 Å². The molecule has 30 heavy (non-hydrogen) atoms. The Kier molecular flexibility index (Phi) is 4.74. The number of halogens is 1. The van der Waals surface area contributed by atoms with Crippen LogP contribution in [0.1, 0.15) is 29.5 Å². The van der Waals surface area contributed by atoms with Crippen LogP contribution in [0.3, 0.4) is 0 Å². The van der Waals surface area contributed by atoms with Gasteiger partial charge in [-0.3, -0.25) is 0 Å². The van der Waals surface area contributed by atoms with E-state index in [-0.39, 0.29) is 12.4 Å². The van der Waals surface area contributed by atoms with E-state index >= 15 is 0 Å². The molecule has 1 aliphatic heterocycles. The van der Waals surface area contributed by atoms with Gasteiger partial charge in [-0.15, -0.1) is 0 Å². The third-order valence-electron chi connectivity index (χ3n) is 5.96. The van der Waals surface area contributed by atoms with Crippen molar-refractivity contribution in [2.45, 2.75) is 32.2 Å². The van der Waals surface area contributed by atoms with Crippen molar-refractivity contribution in [2.75, 3.05) is 25.9 Å². The van der Waals surface area contributed by atoms with E-state index in [0.29, 0.717) is 34.4 Å². The topological polar surface area (TPSA) is 61.1 Å². The summed E-state index contributed by atoms with van der Waals surface area (Å²) in [6.07, 6.45) is 3.69. The number of nitrogens with zero attached hydrogens (tertiary/aromatic N) is 1. The van der Waals surface area contributed by atoms with Gasteiger partial charge in [0.2, 0.25) is 0 Å². The molecule has 1 aromatic heterocycles. The first-order valence-electron chi connectivity index (χ1n) is 10.0. The maximum Gasteiger partial charge on any atom is 0.339 e. The summed E-state index contributed by atoms with van der Waals surface area (Å²) in [5, 5.41) is 1.45. The summed E-state index contributed by atoms with van der Waals surface area (Å²) < 4.78 is 22.8. The summed E-state index contributed by atoms with van der Waals surface area (Å²) in [5.74, 6) is 1.99. The first-order chi connectivity index (χ1) is 14.6. The van der Waals surface area contributed by atoms with Crippen molar-refractivity contribution in [2.24, 2.45) is 0 Å². The van der Waals surface area contributed by atoms with Crippen molar-refractivity contribution >= 4 is 28.3 Å². The lowest BCUT2D eigenvalue weighted by atomic mass is 9.90. The zero-order valence-corrected chi connectivity index (χ0v) is 17.7. The van der Waals surface area contributed by atoms with Crippen molar-refractivity contribution < 1.29 is 18.6 Å². The van der Waals surface area contributed by atoms with Crippen LogP contribution in [0.5, 0.6) is 17.2 Å². The lowest BCUT2D eigenvalue weighted by Crippen LogP contribution is -2.32. The van der Waals surface area contributed by atoms with E-state index in [1.54, 1.807) is 14.2 Å². The average molecular weight is 428 g/mol. The number of fused-ring (bicyclic) bond motifs is 5. The van der Waals surface area contributed by atoms with E-state index in [0.717, 1.165) is 53.4 Å². The highest BCUT2D eigenvalue weighted by Gasteiger charge is 2.28. The van der Waals surface area contributed by atoms with E-state index in [9.17, 15) is 4.79 Å². The SMILES string of the molecule is COc1ccc(OC)c(N2COc3c(Cl)cc4c5c(c(=O)oc4c3C2)CCCC5)c1. The Labute approximate surface area is 178 Å².